The molecule has 4 heteroatoms. The molecule has 0 aliphatic carbocycles. The molecular weight excluding hydrogens is 230 g/mol. The molecular formula is C14H15NO3. The maximum atomic E-state index is 11.3. The van der Waals surface area contributed by atoms with Crippen molar-refractivity contribution in [2.75, 3.05) is 13.7 Å². The Hall–Kier alpha value is -2.23. The van der Waals surface area contributed by atoms with E-state index in [2.05, 4.69) is 9.72 Å². The smallest absolute Gasteiger partial charge is 0.354 e. The molecule has 0 fully saturated rings. The van der Waals surface area contributed by atoms with Crippen LogP contribution in [-0.2, 0) is 4.74 Å². The summed E-state index contributed by atoms with van der Waals surface area (Å²) in [6, 6.07) is 9.49. The minimum atomic E-state index is -0.368. The van der Waals surface area contributed by atoms with E-state index in [0.29, 0.717) is 12.3 Å². The van der Waals surface area contributed by atoms with Crippen LogP contribution in [0.25, 0.3) is 11.1 Å². The number of ether oxygens (including phenoxy) is 2. The van der Waals surface area contributed by atoms with Crippen molar-refractivity contribution in [3.63, 3.8) is 0 Å². The molecule has 0 unspecified atom stereocenters. The molecule has 0 aliphatic heterocycles. The number of methoxy groups -OCH3 is 1. The molecule has 0 saturated carbocycles. The molecule has 0 aliphatic rings. The van der Waals surface area contributed by atoms with E-state index in [4.69, 9.17) is 4.74 Å². The highest BCUT2D eigenvalue weighted by molar-refractivity contribution is 5.89. The fraction of sp³-hybridized carbons (Fsp3) is 0.214. The van der Waals surface area contributed by atoms with Crippen LogP contribution in [-0.4, -0.2) is 24.7 Å². The third-order valence-electron chi connectivity index (χ3n) is 2.59. The van der Waals surface area contributed by atoms with E-state index < -0.39 is 0 Å². The zero-order chi connectivity index (χ0) is 13.0. The van der Waals surface area contributed by atoms with Gasteiger partial charge in [0.05, 0.1) is 13.7 Å². The highest BCUT2D eigenvalue weighted by atomic mass is 16.5. The Labute approximate surface area is 106 Å². The van der Waals surface area contributed by atoms with E-state index in [1.165, 1.54) is 7.11 Å². The second kappa shape index (κ2) is 5.40. The van der Waals surface area contributed by atoms with Crippen LogP contribution in [0, 0.1) is 0 Å². The SMILES string of the molecule is CCOc1ccc(-c2c[nH]c(C(=O)OC)c2)cc1. The van der Waals surface area contributed by atoms with Crippen LogP contribution in [0.5, 0.6) is 5.75 Å². The molecule has 94 valence electrons. The van der Waals surface area contributed by atoms with Gasteiger partial charge in [0, 0.05) is 6.20 Å². The normalized spacial score (nSPS) is 10.1. The monoisotopic (exact) mass is 245 g/mol. The Balaban J connectivity index is 2.20. The van der Waals surface area contributed by atoms with Gasteiger partial charge in [0.15, 0.2) is 0 Å². The lowest BCUT2D eigenvalue weighted by Crippen LogP contribution is -2.00. The van der Waals surface area contributed by atoms with E-state index in [0.717, 1.165) is 16.9 Å². The summed E-state index contributed by atoms with van der Waals surface area (Å²) in [5, 5.41) is 0. The van der Waals surface area contributed by atoms with Gasteiger partial charge in [-0.1, -0.05) is 12.1 Å². The summed E-state index contributed by atoms with van der Waals surface area (Å²) in [5.74, 6) is 0.470. The van der Waals surface area contributed by atoms with Crippen LogP contribution in [0.1, 0.15) is 17.4 Å². The average molecular weight is 245 g/mol. The van der Waals surface area contributed by atoms with Gasteiger partial charge in [-0.3, -0.25) is 0 Å². The quantitative estimate of drug-likeness (QED) is 0.843. The minimum absolute atomic E-state index is 0.368. The number of aromatic nitrogens is 1. The third-order valence-corrected chi connectivity index (χ3v) is 2.59. The summed E-state index contributed by atoms with van der Waals surface area (Å²) in [4.78, 5) is 14.2. The summed E-state index contributed by atoms with van der Waals surface area (Å²) >= 11 is 0. The lowest BCUT2D eigenvalue weighted by atomic mass is 10.1. The van der Waals surface area contributed by atoms with E-state index >= 15 is 0 Å². The Morgan fingerprint density at radius 2 is 1.94 bits per heavy atom. The van der Waals surface area contributed by atoms with Crippen molar-refractivity contribution in [1.29, 1.82) is 0 Å². The van der Waals surface area contributed by atoms with E-state index in [1.807, 2.05) is 31.2 Å². The number of aromatic amines is 1. The summed E-state index contributed by atoms with van der Waals surface area (Å²) < 4.78 is 10.0. The number of benzene rings is 1. The van der Waals surface area contributed by atoms with Crippen LogP contribution in [0.3, 0.4) is 0 Å². The van der Waals surface area contributed by atoms with Crippen LogP contribution in [0.4, 0.5) is 0 Å². The standard InChI is InChI=1S/C14H15NO3/c1-3-18-12-6-4-10(5-7-12)11-8-13(15-9-11)14(16)17-2/h4-9,15H,3H2,1-2H3. The minimum Gasteiger partial charge on any atom is -0.494 e. The van der Waals surface area contributed by atoms with Gasteiger partial charge in [0.1, 0.15) is 11.4 Å². The lowest BCUT2D eigenvalue weighted by molar-refractivity contribution is 0.0595. The number of rotatable bonds is 4. The number of hydrogen-bond donors (Lipinski definition) is 1. The lowest BCUT2D eigenvalue weighted by Gasteiger charge is -2.03. The molecule has 2 aromatic rings. The molecule has 0 spiro atoms. The van der Waals surface area contributed by atoms with Crippen molar-refractivity contribution >= 4 is 5.97 Å². The number of H-pyrrole nitrogens is 1. The Kier molecular flexibility index (Phi) is 3.67. The first kappa shape index (κ1) is 12.2. The van der Waals surface area contributed by atoms with Crippen molar-refractivity contribution in [2.24, 2.45) is 0 Å². The third kappa shape index (κ3) is 2.53. The molecule has 1 aromatic heterocycles. The van der Waals surface area contributed by atoms with Crippen molar-refractivity contribution < 1.29 is 14.3 Å². The first-order valence-corrected chi connectivity index (χ1v) is 5.74. The first-order chi connectivity index (χ1) is 8.74. The zero-order valence-corrected chi connectivity index (χ0v) is 10.4. The summed E-state index contributed by atoms with van der Waals surface area (Å²) in [6.45, 7) is 2.60. The van der Waals surface area contributed by atoms with Gasteiger partial charge in [-0.05, 0) is 36.2 Å². The average Bonchev–Trinajstić information content (AvgIpc) is 2.89. The predicted octanol–water partition coefficient (Wildman–Crippen LogP) is 2.87. The van der Waals surface area contributed by atoms with Crippen molar-refractivity contribution in [3.05, 3.63) is 42.2 Å². The van der Waals surface area contributed by atoms with Gasteiger partial charge in [-0.2, -0.15) is 0 Å². The predicted molar refractivity (Wildman–Crippen MR) is 68.7 cm³/mol. The largest absolute Gasteiger partial charge is 0.494 e. The maximum Gasteiger partial charge on any atom is 0.354 e. The molecule has 0 amide bonds. The van der Waals surface area contributed by atoms with Gasteiger partial charge in [-0.15, -0.1) is 0 Å². The molecule has 0 saturated heterocycles. The van der Waals surface area contributed by atoms with Gasteiger partial charge in [0.25, 0.3) is 0 Å². The Morgan fingerprint density at radius 3 is 2.56 bits per heavy atom. The van der Waals surface area contributed by atoms with Gasteiger partial charge >= 0.3 is 5.97 Å². The number of esters is 1. The Morgan fingerprint density at radius 1 is 1.22 bits per heavy atom. The van der Waals surface area contributed by atoms with Crippen molar-refractivity contribution in [1.82, 2.24) is 4.98 Å². The maximum absolute atomic E-state index is 11.3. The van der Waals surface area contributed by atoms with E-state index in [1.54, 1.807) is 12.3 Å². The number of carbonyl (C=O) groups excluding carboxylic acids is 1. The molecule has 4 nitrogen and oxygen atoms in total. The first-order valence-electron chi connectivity index (χ1n) is 5.74. The summed E-state index contributed by atoms with van der Waals surface area (Å²) in [5.41, 5.74) is 2.41. The van der Waals surface area contributed by atoms with Gasteiger partial charge in [0.2, 0.25) is 0 Å². The van der Waals surface area contributed by atoms with Crippen LogP contribution in [0.15, 0.2) is 36.5 Å². The second-order valence-electron chi connectivity index (χ2n) is 3.75. The van der Waals surface area contributed by atoms with Crippen LogP contribution >= 0.6 is 0 Å². The molecule has 0 bridgehead atoms. The highest BCUT2D eigenvalue weighted by Gasteiger charge is 2.09. The van der Waals surface area contributed by atoms with Crippen molar-refractivity contribution in [2.45, 2.75) is 6.92 Å². The molecule has 18 heavy (non-hydrogen) atoms. The number of nitrogens with one attached hydrogen (secondary N) is 1. The number of carbonyl (C=O) groups is 1. The number of hydrogen-bond acceptors (Lipinski definition) is 3. The highest BCUT2D eigenvalue weighted by Crippen LogP contribution is 2.23. The Bertz CT molecular complexity index is 528. The fourth-order valence-corrected chi connectivity index (χ4v) is 1.70. The van der Waals surface area contributed by atoms with E-state index in [9.17, 15) is 4.79 Å². The van der Waals surface area contributed by atoms with Crippen LogP contribution < -0.4 is 4.74 Å². The van der Waals surface area contributed by atoms with Crippen molar-refractivity contribution in [3.8, 4) is 16.9 Å². The second-order valence-corrected chi connectivity index (χ2v) is 3.75. The van der Waals surface area contributed by atoms with Crippen LogP contribution in [0.2, 0.25) is 0 Å². The molecule has 1 heterocycles. The van der Waals surface area contributed by atoms with Gasteiger partial charge < -0.3 is 14.5 Å². The molecule has 2 rings (SSSR count). The molecule has 1 N–H and O–H groups in total. The summed E-state index contributed by atoms with van der Waals surface area (Å²) in [6.07, 6.45) is 1.78. The fourth-order valence-electron chi connectivity index (χ4n) is 1.70. The zero-order valence-electron chi connectivity index (χ0n) is 10.4. The molecule has 0 atom stereocenters. The molecule has 0 radical (unpaired) electrons. The summed E-state index contributed by atoms with van der Waals surface area (Å²) in [7, 11) is 1.36. The molecule has 1 aromatic carbocycles. The topological polar surface area (TPSA) is 51.3 Å². The van der Waals surface area contributed by atoms with E-state index in [-0.39, 0.29) is 5.97 Å². The van der Waals surface area contributed by atoms with Gasteiger partial charge in [-0.25, -0.2) is 4.79 Å².